The molecule has 1 aliphatic rings. The summed E-state index contributed by atoms with van der Waals surface area (Å²) in [5, 5.41) is 2.87. The standard InChI is InChI=1S/C21H23N5O2S/c1-28-20-19(22-15-7-3-4-8-16(15)23-20)24-21(27)26-13-11-25(12-14-26)17-9-5-6-10-18(17)29-2/h3-10H,11-14H2,1-2H3,(H,22,24,27). The first-order valence-electron chi connectivity index (χ1n) is 9.44. The second-order valence-corrected chi connectivity index (χ2v) is 7.49. The number of anilines is 2. The highest BCUT2D eigenvalue weighted by Crippen LogP contribution is 2.29. The lowest BCUT2D eigenvalue weighted by Crippen LogP contribution is -2.50. The van der Waals surface area contributed by atoms with E-state index >= 15 is 0 Å². The first-order chi connectivity index (χ1) is 14.2. The van der Waals surface area contributed by atoms with Gasteiger partial charge in [-0.15, -0.1) is 11.8 Å². The second-order valence-electron chi connectivity index (χ2n) is 6.65. The molecular formula is C21H23N5O2S. The number of carbonyl (C=O) groups is 1. The van der Waals surface area contributed by atoms with Crippen LogP contribution in [0, 0.1) is 0 Å². The van der Waals surface area contributed by atoms with Gasteiger partial charge in [-0.3, -0.25) is 5.32 Å². The Morgan fingerprint density at radius 2 is 1.66 bits per heavy atom. The molecule has 1 N–H and O–H groups in total. The highest BCUT2D eigenvalue weighted by atomic mass is 32.2. The topological polar surface area (TPSA) is 70.6 Å². The lowest BCUT2D eigenvalue weighted by atomic mass is 10.2. The summed E-state index contributed by atoms with van der Waals surface area (Å²) in [6, 6.07) is 15.7. The predicted octanol–water partition coefficient (Wildman–Crippen LogP) is 3.71. The highest BCUT2D eigenvalue weighted by Gasteiger charge is 2.24. The monoisotopic (exact) mass is 409 g/mol. The van der Waals surface area contributed by atoms with Crippen LogP contribution in [-0.2, 0) is 0 Å². The molecule has 1 aromatic heterocycles. The van der Waals surface area contributed by atoms with Gasteiger partial charge in [0.1, 0.15) is 0 Å². The fraction of sp³-hybridized carbons (Fsp3) is 0.286. The van der Waals surface area contributed by atoms with Crippen molar-refractivity contribution < 1.29 is 9.53 Å². The van der Waals surface area contributed by atoms with Gasteiger partial charge in [-0.2, -0.15) is 0 Å². The van der Waals surface area contributed by atoms with Crippen LogP contribution in [0.4, 0.5) is 16.3 Å². The summed E-state index contributed by atoms with van der Waals surface area (Å²) in [6.45, 7) is 2.84. The minimum absolute atomic E-state index is 0.189. The first-order valence-corrected chi connectivity index (χ1v) is 10.7. The largest absolute Gasteiger partial charge is 0.478 e. The van der Waals surface area contributed by atoms with E-state index in [1.807, 2.05) is 24.3 Å². The average molecular weight is 410 g/mol. The van der Waals surface area contributed by atoms with E-state index in [4.69, 9.17) is 4.74 Å². The molecule has 0 unspecified atom stereocenters. The summed E-state index contributed by atoms with van der Waals surface area (Å²) in [5.41, 5.74) is 2.66. The summed E-state index contributed by atoms with van der Waals surface area (Å²) >= 11 is 1.74. The number of urea groups is 1. The van der Waals surface area contributed by atoms with Gasteiger partial charge in [0.05, 0.1) is 23.8 Å². The van der Waals surface area contributed by atoms with E-state index in [0.29, 0.717) is 30.3 Å². The van der Waals surface area contributed by atoms with E-state index in [-0.39, 0.29) is 6.03 Å². The predicted molar refractivity (Wildman–Crippen MR) is 117 cm³/mol. The van der Waals surface area contributed by atoms with Gasteiger partial charge in [0.2, 0.25) is 0 Å². The van der Waals surface area contributed by atoms with Gasteiger partial charge < -0.3 is 14.5 Å². The van der Waals surface area contributed by atoms with Crippen LogP contribution in [0.5, 0.6) is 5.88 Å². The van der Waals surface area contributed by atoms with Crippen molar-refractivity contribution in [3.05, 3.63) is 48.5 Å². The van der Waals surface area contributed by atoms with E-state index in [1.165, 1.54) is 17.7 Å². The number of nitrogens with zero attached hydrogens (tertiary/aromatic N) is 4. The maximum absolute atomic E-state index is 12.8. The number of amides is 2. The van der Waals surface area contributed by atoms with Crippen LogP contribution >= 0.6 is 11.8 Å². The molecule has 1 aliphatic heterocycles. The van der Waals surface area contributed by atoms with Crippen LogP contribution in [0.1, 0.15) is 0 Å². The lowest BCUT2D eigenvalue weighted by Gasteiger charge is -2.36. The number of ether oxygens (including phenoxy) is 1. The molecule has 0 spiro atoms. The van der Waals surface area contributed by atoms with Gasteiger partial charge in [-0.05, 0) is 30.5 Å². The quantitative estimate of drug-likeness (QED) is 0.663. The van der Waals surface area contributed by atoms with Crippen LogP contribution in [0.3, 0.4) is 0 Å². The van der Waals surface area contributed by atoms with E-state index in [1.54, 1.807) is 16.7 Å². The number of hydrogen-bond acceptors (Lipinski definition) is 6. The fourth-order valence-corrected chi connectivity index (χ4v) is 4.05. The number of piperazine rings is 1. The number of para-hydroxylation sites is 3. The van der Waals surface area contributed by atoms with Crippen molar-refractivity contribution in [3.63, 3.8) is 0 Å². The fourth-order valence-electron chi connectivity index (χ4n) is 3.43. The molecular weight excluding hydrogens is 386 g/mol. The normalized spacial score (nSPS) is 14.1. The zero-order valence-corrected chi connectivity index (χ0v) is 17.3. The second kappa shape index (κ2) is 8.57. The lowest BCUT2D eigenvalue weighted by molar-refractivity contribution is 0.208. The Labute approximate surface area is 174 Å². The number of rotatable bonds is 4. The van der Waals surface area contributed by atoms with Crippen molar-refractivity contribution in [1.29, 1.82) is 0 Å². The molecule has 2 aromatic carbocycles. The molecule has 0 bridgehead atoms. The summed E-state index contributed by atoms with van der Waals surface area (Å²) < 4.78 is 5.32. The molecule has 8 heteroatoms. The van der Waals surface area contributed by atoms with Crippen molar-refractivity contribution in [2.24, 2.45) is 0 Å². The molecule has 2 amide bonds. The first kappa shape index (κ1) is 19.3. The third-order valence-corrected chi connectivity index (χ3v) is 5.74. The molecule has 0 radical (unpaired) electrons. The van der Waals surface area contributed by atoms with Crippen LogP contribution in [-0.4, -0.2) is 60.4 Å². The molecule has 29 heavy (non-hydrogen) atoms. The zero-order chi connectivity index (χ0) is 20.2. The van der Waals surface area contributed by atoms with E-state index in [9.17, 15) is 4.79 Å². The van der Waals surface area contributed by atoms with E-state index in [2.05, 4.69) is 50.7 Å². The maximum Gasteiger partial charge on any atom is 0.323 e. The minimum Gasteiger partial charge on any atom is -0.478 e. The van der Waals surface area contributed by atoms with Crippen LogP contribution in [0.25, 0.3) is 11.0 Å². The Morgan fingerprint density at radius 3 is 2.34 bits per heavy atom. The Balaban J connectivity index is 1.45. The van der Waals surface area contributed by atoms with Crippen LogP contribution < -0.4 is 15.0 Å². The van der Waals surface area contributed by atoms with E-state index in [0.717, 1.165) is 18.6 Å². The van der Waals surface area contributed by atoms with Crippen molar-refractivity contribution in [2.45, 2.75) is 4.90 Å². The van der Waals surface area contributed by atoms with Crippen LogP contribution in [0.15, 0.2) is 53.4 Å². The molecule has 0 saturated carbocycles. The van der Waals surface area contributed by atoms with Crippen molar-refractivity contribution in [2.75, 3.05) is 49.8 Å². The van der Waals surface area contributed by atoms with Gasteiger partial charge >= 0.3 is 6.03 Å². The minimum atomic E-state index is -0.189. The number of fused-ring (bicyclic) bond motifs is 1. The average Bonchev–Trinajstić information content (AvgIpc) is 2.78. The number of aromatic nitrogens is 2. The summed E-state index contributed by atoms with van der Waals surface area (Å²) in [4.78, 5) is 27.1. The third-order valence-electron chi connectivity index (χ3n) is 4.95. The number of thioether (sulfide) groups is 1. The Morgan fingerprint density at radius 1 is 1.00 bits per heavy atom. The number of methoxy groups -OCH3 is 1. The molecule has 150 valence electrons. The number of carbonyl (C=O) groups excluding carboxylic acids is 1. The summed E-state index contributed by atoms with van der Waals surface area (Å²) in [7, 11) is 1.52. The Bertz CT molecular complexity index is 1020. The number of hydrogen-bond donors (Lipinski definition) is 1. The molecule has 1 saturated heterocycles. The molecule has 7 nitrogen and oxygen atoms in total. The van der Waals surface area contributed by atoms with Crippen molar-refractivity contribution >= 4 is 40.3 Å². The molecule has 1 fully saturated rings. The SMILES string of the molecule is COc1nc2ccccc2nc1NC(=O)N1CCN(c2ccccc2SC)CC1. The molecule has 3 aromatic rings. The van der Waals surface area contributed by atoms with Gasteiger partial charge in [0.15, 0.2) is 5.82 Å². The molecule has 0 aliphatic carbocycles. The summed E-state index contributed by atoms with van der Waals surface area (Å²) in [6.07, 6.45) is 2.08. The van der Waals surface area contributed by atoms with Crippen LogP contribution in [0.2, 0.25) is 0 Å². The summed E-state index contributed by atoms with van der Waals surface area (Å²) in [5.74, 6) is 0.649. The van der Waals surface area contributed by atoms with Crippen molar-refractivity contribution in [3.8, 4) is 5.88 Å². The Kier molecular flexibility index (Phi) is 5.71. The highest BCUT2D eigenvalue weighted by molar-refractivity contribution is 7.98. The van der Waals surface area contributed by atoms with E-state index < -0.39 is 0 Å². The molecule has 0 atom stereocenters. The van der Waals surface area contributed by atoms with Gasteiger partial charge in [0.25, 0.3) is 5.88 Å². The van der Waals surface area contributed by atoms with Gasteiger partial charge in [0, 0.05) is 31.1 Å². The van der Waals surface area contributed by atoms with Crippen molar-refractivity contribution in [1.82, 2.24) is 14.9 Å². The maximum atomic E-state index is 12.8. The number of benzene rings is 2. The number of nitrogens with one attached hydrogen (secondary N) is 1. The van der Waals surface area contributed by atoms with Gasteiger partial charge in [-0.25, -0.2) is 14.8 Å². The third kappa shape index (κ3) is 4.07. The zero-order valence-electron chi connectivity index (χ0n) is 16.5. The van der Waals surface area contributed by atoms with Gasteiger partial charge in [-0.1, -0.05) is 24.3 Å². The molecule has 4 rings (SSSR count). The Hall–Kier alpha value is -3.00. The smallest absolute Gasteiger partial charge is 0.323 e. The molecule has 2 heterocycles.